The smallest absolute Gasteiger partial charge is 0.260 e. The van der Waals surface area contributed by atoms with Gasteiger partial charge in [-0.3, -0.25) is 9.59 Å². The highest BCUT2D eigenvalue weighted by Crippen LogP contribution is 2.26. The van der Waals surface area contributed by atoms with Crippen LogP contribution in [0.4, 0.5) is 5.82 Å². The molecule has 1 aromatic heterocycles. The fraction of sp³-hybridized carbons (Fsp3) is 0.370. The van der Waals surface area contributed by atoms with Crippen LogP contribution in [0.5, 0.6) is 5.75 Å². The average Bonchev–Trinajstić information content (AvgIpc) is 3.22. The molecule has 0 aliphatic carbocycles. The van der Waals surface area contributed by atoms with Crippen molar-refractivity contribution in [2.75, 3.05) is 25.0 Å². The van der Waals surface area contributed by atoms with Crippen molar-refractivity contribution < 1.29 is 14.3 Å². The average molecular weight is 463 g/mol. The molecule has 34 heavy (non-hydrogen) atoms. The molecule has 0 atom stereocenters. The van der Waals surface area contributed by atoms with E-state index in [2.05, 4.69) is 26.1 Å². The van der Waals surface area contributed by atoms with Gasteiger partial charge >= 0.3 is 0 Å². The summed E-state index contributed by atoms with van der Waals surface area (Å²) in [4.78, 5) is 27.3. The van der Waals surface area contributed by atoms with Gasteiger partial charge in [-0.2, -0.15) is 5.10 Å². The zero-order valence-corrected chi connectivity index (χ0v) is 20.7. The number of anilines is 1. The van der Waals surface area contributed by atoms with Crippen LogP contribution < -0.4 is 10.1 Å². The summed E-state index contributed by atoms with van der Waals surface area (Å²) < 4.78 is 7.32. The Morgan fingerprint density at radius 3 is 2.35 bits per heavy atom. The van der Waals surface area contributed by atoms with Crippen LogP contribution in [0.3, 0.4) is 0 Å². The molecule has 0 saturated carbocycles. The van der Waals surface area contributed by atoms with Crippen molar-refractivity contribution in [3.8, 4) is 11.4 Å². The molecule has 0 fully saturated rings. The Morgan fingerprint density at radius 1 is 1.06 bits per heavy atom. The van der Waals surface area contributed by atoms with Gasteiger partial charge in [0.05, 0.1) is 11.4 Å². The minimum absolute atomic E-state index is 0.0608. The third-order valence-corrected chi connectivity index (χ3v) is 5.31. The number of aromatic nitrogens is 2. The Hall–Kier alpha value is -3.61. The molecule has 3 rings (SSSR count). The topological polar surface area (TPSA) is 76.5 Å². The van der Waals surface area contributed by atoms with E-state index in [1.165, 1.54) is 4.90 Å². The molecule has 180 valence electrons. The Bertz CT molecular complexity index is 1100. The first-order valence-corrected chi connectivity index (χ1v) is 11.6. The van der Waals surface area contributed by atoms with Gasteiger partial charge in [-0.25, -0.2) is 4.68 Å². The highest BCUT2D eigenvalue weighted by Gasteiger charge is 2.23. The van der Waals surface area contributed by atoms with Crippen molar-refractivity contribution in [1.82, 2.24) is 14.7 Å². The minimum Gasteiger partial charge on any atom is -0.484 e. The number of benzene rings is 2. The zero-order chi connectivity index (χ0) is 24.7. The van der Waals surface area contributed by atoms with Crippen LogP contribution in [0.25, 0.3) is 5.69 Å². The summed E-state index contributed by atoms with van der Waals surface area (Å²) in [6.45, 7) is 10.5. The van der Waals surface area contributed by atoms with Gasteiger partial charge in [0.1, 0.15) is 18.1 Å². The lowest BCUT2D eigenvalue weighted by molar-refractivity contribution is -0.136. The number of nitrogens with one attached hydrogen (secondary N) is 1. The highest BCUT2D eigenvalue weighted by atomic mass is 16.5. The van der Waals surface area contributed by atoms with Gasteiger partial charge < -0.3 is 15.0 Å². The summed E-state index contributed by atoms with van der Waals surface area (Å²) in [7, 11) is 0. The fourth-order valence-corrected chi connectivity index (χ4v) is 3.39. The fourth-order valence-electron chi connectivity index (χ4n) is 3.39. The molecule has 1 N–H and O–H groups in total. The van der Waals surface area contributed by atoms with Crippen LogP contribution >= 0.6 is 0 Å². The molecule has 7 heteroatoms. The van der Waals surface area contributed by atoms with Gasteiger partial charge in [-0.1, -0.05) is 63.6 Å². The predicted octanol–water partition coefficient (Wildman–Crippen LogP) is 4.73. The molecule has 0 bridgehead atoms. The second-order valence-corrected chi connectivity index (χ2v) is 9.38. The van der Waals surface area contributed by atoms with Crippen molar-refractivity contribution in [2.24, 2.45) is 0 Å². The van der Waals surface area contributed by atoms with E-state index in [4.69, 9.17) is 9.84 Å². The van der Waals surface area contributed by atoms with Crippen LogP contribution in [-0.4, -0.2) is 46.2 Å². The maximum Gasteiger partial charge on any atom is 0.260 e. The van der Waals surface area contributed by atoms with E-state index in [0.29, 0.717) is 18.1 Å². The zero-order valence-electron chi connectivity index (χ0n) is 20.7. The van der Waals surface area contributed by atoms with Crippen LogP contribution in [0.2, 0.25) is 0 Å². The SMILES string of the molecule is CCCN(CC(=O)Nc1cc(C(C)(C)C)nn1-c1ccc(C)cc1)C(=O)COc1ccccc1. The van der Waals surface area contributed by atoms with Gasteiger partial charge in [0.25, 0.3) is 5.91 Å². The standard InChI is InChI=1S/C27H34N4O3/c1-6-16-30(26(33)19-34-22-10-8-7-9-11-22)18-25(32)28-24-17-23(27(3,4)5)29-31(24)21-14-12-20(2)13-15-21/h7-15,17H,6,16,18-19H2,1-5H3,(H,28,32). The second-order valence-electron chi connectivity index (χ2n) is 9.38. The maximum atomic E-state index is 13.0. The monoisotopic (exact) mass is 462 g/mol. The van der Waals surface area contributed by atoms with E-state index in [9.17, 15) is 9.59 Å². The van der Waals surface area contributed by atoms with Crippen molar-refractivity contribution in [1.29, 1.82) is 0 Å². The van der Waals surface area contributed by atoms with E-state index in [0.717, 1.165) is 23.4 Å². The molecule has 2 aromatic carbocycles. The molecule has 0 saturated heterocycles. The van der Waals surface area contributed by atoms with Crippen molar-refractivity contribution in [2.45, 2.75) is 46.5 Å². The summed E-state index contributed by atoms with van der Waals surface area (Å²) >= 11 is 0. The Balaban J connectivity index is 1.74. The van der Waals surface area contributed by atoms with Gasteiger partial charge in [-0.05, 0) is 37.6 Å². The van der Waals surface area contributed by atoms with Gasteiger partial charge in [0, 0.05) is 18.0 Å². The predicted molar refractivity (Wildman–Crippen MR) is 134 cm³/mol. The Kier molecular flexibility index (Phi) is 8.10. The van der Waals surface area contributed by atoms with Crippen LogP contribution in [0.15, 0.2) is 60.7 Å². The number of ether oxygens (including phenoxy) is 1. The number of carbonyl (C=O) groups is 2. The lowest BCUT2D eigenvalue weighted by Crippen LogP contribution is -2.41. The van der Waals surface area contributed by atoms with Crippen LogP contribution in [0.1, 0.15) is 45.4 Å². The number of amides is 2. The second kappa shape index (κ2) is 11.0. The number of carbonyl (C=O) groups excluding carboxylic acids is 2. The summed E-state index contributed by atoms with van der Waals surface area (Å²) in [5, 5.41) is 7.71. The first-order valence-electron chi connectivity index (χ1n) is 11.6. The Morgan fingerprint density at radius 2 is 1.74 bits per heavy atom. The van der Waals surface area contributed by atoms with Crippen LogP contribution in [0, 0.1) is 6.92 Å². The van der Waals surface area contributed by atoms with E-state index in [1.807, 2.05) is 62.4 Å². The lowest BCUT2D eigenvalue weighted by Gasteiger charge is -2.22. The molecular weight excluding hydrogens is 428 g/mol. The molecule has 0 aliphatic heterocycles. The number of hydrogen-bond acceptors (Lipinski definition) is 4. The lowest BCUT2D eigenvalue weighted by atomic mass is 9.92. The van der Waals surface area contributed by atoms with E-state index >= 15 is 0 Å². The summed E-state index contributed by atoms with van der Waals surface area (Å²) in [6.07, 6.45) is 0.736. The molecule has 0 radical (unpaired) electrons. The molecule has 0 aliphatic rings. The largest absolute Gasteiger partial charge is 0.484 e. The van der Waals surface area contributed by atoms with Crippen LogP contribution in [-0.2, 0) is 15.0 Å². The molecule has 2 amide bonds. The number of aryl methyl sites for hydroxylation is 1. The molecule has 3 aromatic rings. The summed E-state index contributed by atoms with van der Waals surface area (Å²) in [5.41, 5.74) is 2.67. The highest BCUT2D eigenvalue weighted by molar-refractivity contribution is 5.94. The van der Waals surface area contributed by atoms with E-state index < -0.39 is 0 Å². The summed E-state index contributed by atoms with van der Waals surface area (Å²) in [6, 6.07) is 19.0. The first-order chi connectivity index (χ1) is 16.2. The molecular formula is C27H34N4O3. The number of nitrogens with zero attached hydrogens (tertiary/aromatic N) is 3. The first kappa shape index (κ1) is 25.0. The van der Waals surface area contributed by atoms with Crippen molar-refractivity contribution in [3.63, 3.8) is 0 Å². The van der Waals surface area contributed by atoms with E-state index in [1.54, 1.807) is 16.8 Å². The molecule has 0 spiro atoms. The normalized spacial score (nSPS) is 11.2. The van der Waals surface area contributed by atoms with Gasteiger partial charge in [-0.15, -0.1) is 0 Å². The van der Waals surface area contributed by atoms with Gasteiger partial charge in [0.15, 0.2) is 6.61 Å². The number of para-hydroxylation sites is 1. The third kappa shape index (κ3) is 6.70. The van der Waals surface area contributed by atoms with Crippen molar-refractivity contribution >= 4 is 17.6 Å². The van der Waals surface area contributed by atoms with Gasteiger partial charge in [0.2, 0.25) is 5.91 Å². The van der Waals surface area contributed by atoms with E-state index in [-0.39, 0.29) is 30.4 Å². The summed E-state index contributed by atoms with van der Waals surface area (Å²) in [5.74, 6) is 0.676. The maximum absolute atomic E-state index is 13.0. The third-order valence-electron chi connectivity index (χ3n) is 5.31. The number of rotatable bonds is 9. The Labute approximate surface area is 201 Å². The number of hydrogen-bond donors (Lipinski definition) is 1. The molecule has 0 unspecified atom stereocenters. The molecule has 7 nitrogen and oxygen atoms in total. The van der Waals surface area contributed by atoms with Crippen molar-refractivity contribution in [3.05, 3.63) is 71.9 Å². The quantitative estimate of drug-likeness (QED) is 0.499. The minimum atomic E-state index is -0.282. The molecule has 1 heterocycles.